The predicted molar refractivity (Wildman–Crippen MR) is 133 cm³/mol. The van der Waals surface area contributed by atoms with Gasteiger partial charge >= 0.3 is 0 Å². The SMILES string of the molecule is O=C(Cn1cnc2c(oc3ccccc32)c1=O)Nc1ccccc1C(=O)NCCc1ccccc1. The maximum atomic E-state index is 12.9. The fourth-order valence-corrected chi connectivity index (χ4v) is 3.92. The van der Waals surface area contributed by atoms with Gasteiger partial charge in [-0.3, -0.25) is 19.0 Å². The summed E-state index contributed by atoms with van der Waals surface area (Å²) in [5, 5.41) is 6.36. The molecule has 2 aromatic heterocycles. The third-order valence-corrected chi connectivity index (χ3v) is 5.65. The summed E-state index contributed by atoms with van der Waals surface area (Å²) in [7, 11) is 0. The van der Waals surface area contributed by atoms with Gasteiger partial charge in [-0.05, 0) is 36.2 Å². The second-order valence-electron chi connectivity index (χ2n) is 8.04. The van der Waals surface area contributed by atoms with Crippen molar-refractivity contribution in [2.24, 2.45) is 0 Å². The quantitative estimate of drug-likeness (QED) is 0.380. The van der Waals surface area contributed by atoms with Crippen molar-refractivity contribution in [1.29, 1.82) is 0 Å². The van der Waals surface area contributed by atoms with E-state index in [-0.39, 0.29) is 18.0 Å². The van der Waals surface area contributed by atoms with Crippen molar-refractivity contribution in [2.75, 3.05) is 11.9 Å². The van der Waals surface area contributed by atoms with Crippen LogP contribution in [-0.2, 0) is 17.8 Å². The number of carbonyl (C=O) groups excluding carboxylic acids is 2. The number of carbonyl (C=O) groups is 2. The maximum Gasteiger partial charge on any atom is 0.297 e. The molecule has 2 amide bonds. The molecule has 0 saturated carbocycles. The lowest BCUT2D eigenvalue weighted by Crippen LogP contribution is -2.29. The number of hydrogen-bond acceptors (Lipinski definition) is 5. The van der Waals surface area contributed by atoms with Crippen LogP contribution >= 0.6 is 0 Å². The largest absolute Gasteiger partial charge is 0.448 e. The summed E-state index contributed by atoms with van der Waals surface area (Å²) in [6.45, 7) is 0.187. The van der Waals surface area contributed by atoms with Gasteiger partial charge in [0.1, 0.15) is 17.6 Å². The van der Waals surface area contributed by atoms with E-state index in [2.05, 4.69) is 15.6 Å². The van der Waals surface area contributed by atoms with Crippen molar-refractivity contribution in [2.45, 2.75) is 13.0 Å². The summed E-state index contributed by atoms with van der Waals surface area (Å²) >= 11 is 0. The zero-order chi connectivity index (χ0) is 24.2. The lowest BCUT2D eigenvalue weighted by atomic mass is 10.1. The zero-order valence-corrected chi connectivity index (χ0v) is 18.7. The Morgan fingerprint density at radius 2 is 1.66 bits per heavy atom. The number of para-hydroxylation sites is 2. The van der Waals surface area contributed by atoms with Gasteiger partial charge in [-0.25, -0.2) is 4.98 Å². The van der Waals surface area contributed by atoms with Crippen molar-refractivity contribution in [3.63, 3.8) is 0 Å². The van der Waals surface area contributed by atoms with Gasteiger partial charge in [0.05, 0.1) is 17.6 Å². The first-order valence-corrected chi connectivity index (χ1v) is 11.2. The first kappa shape index (κ1) is 22.1. The van der Waals surface area contributed by atoms with E-state index in [1.807, 2.05) is 48.5 Å². The Labute approximate surface area is 200 Å². The van der Waals surface area contributed by atoms with Gasteiger partial charge in [-0.2, -0.15) is 0 Å². The fourth-order valence-electron chi connectivity index (χ4n) is 3.92. The molecular weight excluding hydrogens is 444 g/mol. The molecule has 0 bridgehead atoms. The highest BCUT2D eigenvalue weighted by molar-refractivity contribution is 6.04. The standard InChI is InChI=1S/C27H22N4O4/c32-23(16-31-17-29-24-20-11-5-7-13-22(20)35-25(24)27(31)34)30-21-12-6-4-10-19(21)26(33)28-15-14-18-8-2-1-3-9-18/h1-13,17H,14-16H2,(H,28,33)(H,30,32). The van der Waals surface area contributed by atoms with Gasteiger partial charge in [0.2, 0.25) is 11.5 Å². The van der Waals surface area contributed by atoms with Gasteiger partial charge in [0, 0.05) is 11.9 Å². The molecule has 0 fully saturated rings. The normalized spacial score (nSPS) is 11.0. The molecule has 35 heavy (non-hydrogen) atoms. The third kappa shape index (κ3) is 4.67. The molecule has 3 aromatic carbocycles. The average Bonchev–Trinajstić information content (AvgIpc) is 3.26. The van der Waals surface area contributed by atoms with Crippen LogP contribution in [0.2, 0.25) is 0 Å². The highest BCUT2D eigenvalue weighted by Crippen LogP contribution is 2.24. The molecule has 174 valence electrons. The summed E-state index contributed by atoms with van der Waals surface area (Å²) < 4.78 is 6.85. The smallest absolute Gasteiger partial charge is 0.297 e. The molecule has 2 heterocycles. The molecule has 8 heteroatoms. The number of rotatable bonds is 7. The number of amides is 2. The van der Waals surface area contributed by atoms with Crippen molar-refractivity contribution in [3.05, 3.63) is 107 Å². The number of nitrogens with one attached hydrogen (secondary N) is 2. The van der Waals surface area contributed by atoms with E-state index in [0.29, 0.717) is 35.3 Å². The highest BCUT2D eigenvalue weighted by Gasteiger charge is 2.16. The topological polar surface area (TPSA) is 106 Å². The summed E-state index contributed by atoms with van der Waals surface area (Å²) in [4.78, 5) is 42.7. The molecule has 0 spiro atoms. The zero-order valence-electron chi connectivity index (χ0n) is 18.7. The number of fused-ring (bicyclic) bond motifs is 3. The van der Waals surface area contributed by atoms with Crippen molar-refractivity contribution in [3.8, 4) is 0 Å². The van der Waals surface area contributed by atoms with Gasteiger partial charge < -0.3 is 15.1 Å². The summed E-state index contributed by atoms with van der Waals surface area (Å²) in [5.74, 6) is -0.756. The number of aromatic nitrogens is 2. The molecule has 2 N–H and O–H groups in total. The lowest BCUT2D eigenvalue weighted by molar-refractivity contribution is -0.116. The lowest BCUT2D eigenvalue weighted by Gasteiger charge is -2.12. The Kier molecular flexibility index (Phi) is 6.09. The number of anilines is 1. The Morgan fingerprint density at radius 1 is 0.914 bits per heavy atom. The van der Waals surface area contributed by atoms with Crippen molar-refractivity contribution >= 4 is 39.6 Å². The Hall–Kier alpha value is -4.72. The minimum atomic E-state index is -0.464. The minimum Gasteiger partial charge on any atom is -0.448 e. The Bertz CT molecular complexity index is 1590. The molecular formula is C27H22N4O4. The number of nitrogens with zero attached hydrogens (tertiary/aromatic N) is 2. The monoisotopic (exact) mass is 466 g/mol. The van der Waals surface area contributed by atoms with E-state index in [1.165, 1.54) is 10.9 Å². The van der Waals surface area contributed by atoms with Crippen molar-refractivity contribution in [1.82, 2.24) is 14.9 Å². The minimum absolute atomic E-state index is 0.0969. The van der Waals surface area contributed by atoms with E-state index in [4.69, 9.17) is 4.42 Å². The van der Waals surface area contributed by atoms with Gasteiger partial charge in [-0.1, -0.05) is 54.6 Å². The molecule has 8 nitrogen and oxygen atoms in total. The first-order valence-electron chi connectivity index (χ1n) is 11.2. The van der Waals surface area contributed by atoms with Crippen LogP contribution in [0.1, 0.15) is 15.9 Å². The third-order valence-electron chi connectivity index (χ3n) is 5.65. The molecule has 0 saturated heterocycles. The second kappa shape index (κ2) is 9.64. The molecule has 0 aliphatic carbocycles. The second-order valence-corrected chi connectivity index (χ2v) is 8.04. The van der Waals surface area contributed by atoms with Gasteiger partial charge in [-0.15, -0.1) is 0 Å². The molecule has 5 rings (SSSR count). The molecule has 0 aliphatic heterocycles. The first-order chi connectivity index (χ1) is 17.1. The number of hydrogen-bond donors (Lipinski definition) is 2. The predicted octanol–water partition coefficient (Wildman–Crippen LogP) is 3.75. The van der Waals surface area contributed by atoms with Gasteiger partial charge in [0.25, 0.3) is 11.5 Å². The molecule has 0 atom stereocenters. The van der Waals surface area contributed by atoms with Crippen LogP contribution < -0.4 is 16.2 Å². The van der Waals surface area contributed by atoms with E-state index in [9.17, 15) is 14.4 Å². The van der Waals surface area contributed by atoms with Crippen LogP contribution in [0, 0.1) is 0 Å². The van der Waals surface area contributed by atoms with Crippen LogP contribution in [0.5, 0.6) is 0 Å². The number of benzene rings is 3. The van der Waals surface area contributed by atoms with E-state index in [1.54, 1.807) is 30.3 Å². The number of furan rings is 1. The Balaban J connectivity index is 1.28. The van der Waals surface area contributed by atoms with Crippen LogP contribution in [0.4, 0.5) is 5.69 Å². The molecule has 0 radical (unpaired) electrons. The van der Waals surface area contributed by atoms with E-state index in [0.717, 1.165) is 10.9 Å². The van der Waals surface area contributed by atoms with E-state index >= 15 is 0 Å². The molecule has 0 unspecified atom stereocenters. The summed E-state index contributed by atoms with van der Waals surface area (Å²) in [6.07, 6.45) is 2.02. The molecule has 5 aromatic rings. The summed E-state index contributed by atoms with van der Waals surface area (Å²) in [5.41, 5.74) is 2.48. The van der Waals surface area contributed by atoms with Crippen LogP contribution in [-0.4, -0.2) is 27.9 Å². The fraction of sp³-hybridized carbons (Fsp3) is 0.111. The van der Waals surface area contributed by atoms with E-state index < -0.39 is 11.5 Å². The van der Waals surface area contributed by atoms with Crippen LogP contribution in [0.3, 0.4) is 0 Å². The highest BCUT2D eigenvalue weighted by atomic mass is 16.3. The van der Waals surface area contributed by atoms with Crippen molar-refractivity contribution < 1.29 is 14.0 Å². The average molecular weight is 466 g/mol. The maximum absolute atomic E-state index is 12.9. The summed E-state index contributed by atoms with van der Waals surface area (Å²) in [6, 6.07) is 23.8. The molecule has 0 aliphatic rings. The van der Waals surface area contributed by atoms with Gasteiger partial charge in [0.15, 0.2) is 0 Å². The van der Waals surface area contributed by atoms with Crippen LogP contribution in [0.25, 0.3) is 22.1 Å². The van der Waals surface area contributed by atoms with Crippen LogP contribution in [0.15, 0.2) is 94.4 Å². The Morgan fingerprint density at radius 3 is 2.51 bits per heavy atom.